The Bertz CT molecular complexity index is 848. The number of aromatic nitrogens is 5. The van der Waals surface area contributed by atoms with Gasteiger partial charge in [0.05, 0.1) is 17.4 Å². The van der Waals surface area contributed by atoms with Crippen LogP contribution in [0.1, 0.15) is 10.7 Å². The molecule has 3 rings (SSSR count). The van der Waals surface area contributed by atoms with Crippen molar-refractivity contribution in [2.75, 3.05) is 7.05 Å². The first-order valence-electron chi connectivity index (χ1n) is 7.18. The predicted molar refractivity (Wildman–Crippen MR) is 93.6 cm³/mol. The molecule has 8 heteroatoms. The van der Waals surface area contributed by atoms with Crippen molar-refractivity contribution in [2.45, 2.75) is 20.1 Å². The zero-order chi connectivity index (χ0) is 16.4. The fourth-order valence-electron chi connectivity index (χ4n) is 2.37. The summed E-state index contributed by atoms with van der Waals surface area (Å²) in [5.74, 6) is 0.843. The summed E-state index contributed by atoms with van der Waals surface area (Å²) >= 11 is 7.18. The smallest absolute Gasteiger partial charge is 0.199 e. The summed E-state index contributed by atoms with van der Waals surface area (Å²) < 4.78 is 4.45. The predicted octanol–water partition coefficient (Wildman–Crippen LogP) is 2.87. The van der Waals surface area contributed by atoms with Crippen LogP contribution < -0.4 is 0 Å². The van der Waals surface area contributed by atoms with Crippen molar-refractivity contribution in [1.82, 2.24) is 29.2 Å². The molecule has 23 heavy (non-hydrogen) atoms. The Morgan fingerprint density at radius 1 is 1.30 bits per heavy atom. The molecular formula is C15H18N6S2. The van der Waals surface area contributed by atoms with Gasteiger partial charge in [0.2, 0.25) is 0 Å². The van der Waals surface area contributed by atoms with Crippen molar-refractivity contribution < 1.29 is 0 Å². The van der Waals surface area contributed by atoms with Gasteiger partial charge >= 0.3 is 0 Å². The van der Waals surface area contributed by atoms with E-state index in [9.17, 15) is 0 Å². The van der Waals surface area contributed by atoms with Crippen molar-refractivity contribution in [3.8, 4) is 11.4 Å². The van der Waals surface area contributed by atoms with E-state index in [2.05, 4.69) is 25.3 Å². The molecular weight excluding hydrogens is 328 g/mol. The Morgan fingerprint density at radius 2 is 2.04 bits per heavy atom. The van der Waals surface area contributed by atoms with Crippen molar-refractivity contribution in [2.24, 2.45) is 7.05 Å². The number of hydrogen-bond donors (Lipinski definition) is 0. The highest BCUT2D eigenvalue weighted by molar-refractivity contribution is 7.71. The topological polar surface area (TPSA) is 51.8 Å². The molecule has 0 unspecified atom stereocenters. The molecule has 0 atom stereocenters. The monoisotopic (exact) mass is 346 g/mol. The summed E-state index contributed by atoms with van der Waals surface area (Å²) in [6.07, 6.45) is 3.52. The molecule has 0 radical (unpaired) electrons. The summed E-state index contributed by atoms with van der Waals surface area (Å²) in [5, 5.41) is 7.83. The van der Waals surface area contributed by atoms with Crippen LogP contribution in [0.2, 0.25) is 0 Å². The molecule has 3 aromatic heterocycles. The first-order chi connectivity index (χ1) is 11.0. The highest BCUT2D eigenvalue weighted by Gasteiger charge is 2.12. The van der Waals surface area contributed by atoms with Crippen LogP contribution in [-0.2, 0) is 20.3 Å². The van der Waals surface area contributed by atoms with Crippen LogP contribution in [0.4, 0.5) is 0 Å². The molecule has 6 nitrogen and oxygen atoms in total. The van der Waals surface area contributed by atoms with E-state index in [1.165, 1.54) is 0 Å². The summed E-state index contributed by atoms with van der Waals surface area (Å²) in [4.78, 5) is 10.7. The van der Waals surface area contributed by atoms with E-state index in [4.69, 9.17) is 12.2 Å². The molecule has 0 aliphatic carbocycles. The number of aryl methyl sites for hydroxylation is 1. The van der Waals surface area contributed by atoms with Crippen molar-refractivity contribution >= 4 is 23.6 Å². The molecule has 0 fully saturated rings. The van der Waals surface area contributed by atoms with Crippen LogP contribution in [0, 0.1) is 11.7 Å². The van der Waals surface area contributed by atoms with Gasteiger partial charge in [0.25, 0.3) is 0 Å². The quantitative estimate of drug-likeness (QED) is 0.665. The van der Waals surface area contributed by atoms with Crippen LogP contribution in [0.15, 0.2) is 29.9 Å². The number of rotatable bonds is 5. The molecule has 0 bridgehead atoms. The Morgan fingerprint density at radius 3 is 2.70 bits per heavy atom. The van der Waals surface area contributed by atoms with Gasteiger partial charge in [-0.25, -0.2) is 9.67 Å². The van der Waals surface area contributed by atoms with E-state index in [0.717, 1.165) is 28.6 Å². The molecule has 0 saturated heterocycles. The summed E-state index contributed by atoms with van der Waals surface area (Å²) in [5.41, 5.74) is 2.08. The van der Waals surface area contributed by atoms with Crippen LogP contribution >= 0.6 is 23.6 Å². The number of pyridine rings is 1. The molecule has 3 aromatic rings. The average molecular weight is 346 g/mol. The van der Waals surface area contributed by atoms with E-state index < -0.39 is 0 Å². The van der Waals surface area contributed by atoms with E-state index in [0.29, 0.717) is 11.4 Å². The lowest BCUT2D eigenvalue weighted by Crippen LogP contribution is -2.22. The molecule has 0 aliphatic rings. The van der Waals surface area contributed by atoms with Gasteiger partial charge < -0.3 is 4.57 Å². The van der Waals surface area contributed by atoms with Gasteiger partial charge in [-0.3, -0.25) is 9.88 Å². The highest BCUT2D eigenvalue weighted by atomic mass is 32.1. The normalized spacial score (nSPS) is 11.3. The number of hydrogen-bond acceptors (Lipinski definition) is 6. The lowest BCUT2D eigenvalue weighted by Gasteiger charge is -2.14. The Hall–Kier alpha value is -1.90. The Kier molecular flexibility index (Phi) is 4.65. The second-order valence-corrected chi connectivity index (χ2v) is 6.84. The molecule has 0 N–H and O–H groups in total. The molecule has 0 saturated carbocycles. The lowest BCUT2D eigenvalue weighted by atomic mass is 10.2. The van der Waals surface area contributed by atoms with Gasteiger partial charge in [0.1, 0.15) is 0 Å². The Labute approximate surface area is 144 Å². The van der Waals surface area contributed by atoms with Gasteiger partial charge in [-0.05, 0) is 38.3 Å². The van der Waals surface area contributed by atoms with Crippen molar-refractivity contribution in [1.29, 1.82) is 0 Å². The lowest BCUT2D eigenvalue weighted by molar-refractivity contribution is 0.242. The van der Waals surface area contributed by atoms with E-state index in [1.807, 2.05) is 42.4 Å². The van der Waals surface area contributed by atoms with Gasteiger partial charge in [0, 0.05) is 36.9 Å². The first kappa shape index (κ1) is 16.0. The summed E-state index contributed by atoms with van der Waals surface area (Å²) in [6.45, 7) is 3.41. The highest BCUT2D eigenvalue weighted by Crippen LogP contribution is 2.16. The molecule has 0 spiro atoms. The SMILES string of the molecule is Cc1nc(CN(C)Cn2nc(-c3ccncc3)n(C)c2=S)cs1. The van der Waals surface area contributed by atoms with Gasteiger partial charge in [0.15, 0.2) is 10.6 Å². The van der Waals surface area contributed by atoms with Gasteiger partial charge in [-0.15, -0.1) is 11.3 Å². The standard InChI is InChI=1S/C15H18N6S2/c1-11-17-13(9-23-11)8-19(2)10-21-15(22)20(3)14(18-21)12-4-6-16-7-5-12/h4-7,9H,8,10H2,1-3H3. The largest absolute Gasteiger partial charge is 0.303 e. The van der Waals surface area contributed by atoms with Crippen LogP contribution in [0.5, 0.6) is 0 Å². The second-order valence-electron chi connectivity index (χ2n) is 5.41. The van der Waals surface area contributed by atoms with Crippen LogP contribution in [0.25, 0.3) is 11.4 Å². The maximum Gasteiger partial charge on any atom is 0.199 e. The first-order valence-corrected chi connectivity index (χ1v) is 8.47. The van der Waals surface area contributed by atoms with E-state index in [1.54, 1.807) is 23.7 Å². The molecule has 120 valence electrons. The van der Waals surface area contributed by atoms with Gasteiger partial charge in [-0.2, -0.15) is 5.10 Å². The molecule has 0 aromatic carbocycles. The van der Waals surface area contributed by atoms with Crippen LogP contribution in [-0.4, -0.2) is 36.3 Å². The Balaban J connectivity index is 1.79. The fourth-order valence-corrected chi connectivity index (χ4v) is 3.16. The third-order valence-corrected chi connectivity index (χ3v) is 4.76. The minimum absolute atomic E-state index is 0.619. The fraction of sp³-hybridized carbons (Fsp3) is 0.333. The second kappa shape index (κ2) is 6.69. The third kappa shape index (κ3) is 3.54. The maximum absolute atomic E-state index is 5.51. The average Bonchev–Trinajstić information content (AvgIpc) is 3.06. The van der Waals surface area contributed by atoms with E-state index >= 15 is 0 Å². The summed E-state index contributed by atoms with van der Waals surface area (Å²) in [7, 11) is 3.97. The zero-order valence-corrected chi connectivity index (χ0v) is 14.9. The molecule has 0 aliphatic heterocycles. The number of thiazole rings is 1. The van der Waals surface area contributed by atoms with Crippen LogP contribution in [0.3, 0.4) is 0 Å². The van der Waals surface area contributed by atoms with Crippen molar-refractivity contribution in [3.63, 3.8) is 0 Å². The van der Waals surface area contributed by atoms with Gasteiger partial charge in [-0.1, -0.05) is 0 Å². The maximum atomic E-state index is 5.51. The zero-order valence-electron chi connectivity index (χ0n) is 13.3. The summed E-state index contributed by atoms with van der Waals surface area (Å²) in [6, 6.07) is 3.87. The van der Waals surface area contributed by atoms with E-state index in [-0.39, 0.29) is 0 Å². The number of nitrogens with zero attached hydrogens (tertiary/aromatic N) is 6. The minimum Gasteiger partial charge on any atom is -0.303 e. The molecule has 3 heterocycles. The molecule has 0 amide bonds. The van der Waals surface area contributed by atoms with Crippen molar-refractivity contribution in [3.05, 3.63) is 45.4 Å². The third-order valence-electron chi connectivity index (χ3n) is 3.45. The minimum atomic E-state index is 0.619.